The molecule has 2 atom stereocenters. The zero-order valence-corrected chi connectivity index (χ0v) is 14.0. The Bertz CT molecular complexity index is 786. The molecule has 7 nitrogen and oxygen atoms in total. The molecular weight excluding hydrogens is 324 g/mol. The molecule has 0 saturated carbocycles. The molecule has 4 rings (SSSR count). The average Bonchev–Trinajstić information content (AvgIpc) is 3.01. The molecule has 0 radical (unpaired) electrons. The quantitative estimate of drug-likeness (QED) is 0.826. The van der Waals surface area contributed by atoms with E-state index in [1.165, 1.54) is 4.90 Å². The summed E-state index contributed by atoms with van der Waals surface area (Å²) < 4.78 is 5.42. The number of rotatable bonds is 2. The highest BCUT2D eigenvalue weighted by Gasteiger charge is 2.55. The van der Waals surface area contributed by atoms with Gasteiger partial charge in [0.1, 0.15) is 5.56 Å². The highest BCUT2D eigenvalue weighted by atomic mass is 16.5. The van der Waals surface area contributed by atoms with Crippen LogP contribution in [0.1, 0.15) is 40.9 Å². The molecule has 2 N–H and O–H groups in total. The molecule has 2 fully saturated rings. The van der Waals surface area contributed by atoms with Crippen molar-refractivity contribution in [3.8, 4) is 0 Å². The van der Waals surface area contributed by atoms with Gasteiger partial charge in [0, 0.05) is 31.3 Å². The summed E-state index contributed by atoms with van der Waals surface area (Å²) in [4.78, 5) is 41.5. The number of likely N-dealkylation sites (tertiary alicyclic amines) is 1. The highest BCUT2D eigenvalue weighted by molar-refractivity contribution is 5.95. The number of pyridine rings is 1. The number of aromatic amines is 1. The number of aliphatic carboxylic acids is 1. The van der Waals surface area contributed by atoms with E-state index < -0.39 is 11.4 Å². The first-order chi connectivity index (χ1) is 12.0. The fourth-order valence-electron chi connectivity index (χ4n) is 4.46. The number of carboxylic acids is 1. The predicted molar refractivity (Wildman–Crippen MR) is 88.6 cm³/mol. The average molecular weight is 346 g/mol. The first-order valence-electron chi connectivity index (χ1n) is 8.87. The van der Waals surface area contributed by atoms with Crippen LogP contribution >= 0.6 is 0 Å². The number of ether oxygens (including phenoxy) is 1. The first-order valence-corrected chi connectivity index (χ1v) is 8.87. The van der Waals surface area contributed by atoms with E-state index in [2.05, 4.69) is 4.98 Å². The topological polar surface area (TPSA) is 99.7 Å². The summed E-state index contributed by atoms with van der Waals surface area (Å²) in [7, 11) is 0. The van der Waals surface area contributed by atoms with Gasteiger partial charge in [0.15, 0.2) is 0 Å². The maximum atomic E-state index is 12.9. The number of carbonyl (C=O) groups excluding carboxylic acids is 1. The van der Waals surface area contributed by atoms with Crippen molar-refractivity contribution < 1.29 is 19.4 Å². The molecule has 0 bridgehead atoms. The number of hydrogen-bond acceptors (Lipinski definition) is 4. The van der Waals surface area contributed by atoms with Gasteiger partial charge in [0.25, 0.3) is 11.5 Å². The Morgan fingerprint density at radius 1 is 1.32 bits per heavy atom. The van der Waals surface area contributed by atoms with E-state index in [0.717, 1.165) is 36.9 Å². The lowest BCUT2D eigenvalue weighted by Gasteiger charge is -2.33. The number of aryl methyl sites for hydroxylation is 2. The van der Waals surface area contributed by atoms with E-state index in [9.17, 15) is 19.5 Å². The van der Waals surface area contributed by atoms with Crippen LogP contribution in [0.5, 0.6) is 0 Å². The van der Waals surface area contributed by atoms with Crippen LogP contribution < -0.4 is 5.56 Å². The highest BCUT2D eigenvalue weighted by Crippen LogP contribution is 2.42. The van der Waals surface area contributed by atoms with Gasteiger partial charge in [-0.05, 0) is 43.7 Å². The lowest BCUT2D eigenvalue weighted by molar-refractivity contribution is -0.157. The Morgan fingerprint density at radius 2 is 2.12 bits per heavy atom. The molecule has 1 aromatic rings. The Kier molecular flexibility index (Phi) is 3.91. The summed E-state index contributed by atoms with van der Waals surface area (Å²) in [5, 5.41) is 9.72. The predicted octanol–water partition coefficient (Wildman–Crippen LogP) is 0.817. The smallest absolute Gasteiger partial charge is 0.311 e. The summed E-state index contributed by atoms with van der Waals surface area (Å²) in [6.45, 7) is 1.20. The van der Waals surface area contributed by atoms with Crippen LogP contribution in [0.4, 0.5) is 0 Å². The number of fused-ring (bicyclic) bond motifs is 2. The van der Waals surface area contributed by atoms with E-state index in [4.69, 9.17) is 4.74 Å². The van der Waals surface area contributed by atoms with Crippen molar-refractivity contribution in [3.05, 3.63) is 33.2 Å². The fraction of sp³-hybridized carbons (Fsp3) is 0.611. The number of nitrogens with one attached hydrogen (secondary N) is 1. The summed E-state index contributed by atoms with van der Waals surface area (Å²) >= 11 is 0. The monoisotopic (exact) mass is 346 g/mol. The van der Waals surface area contributed by atoms with Gasteiger partial charge in [-0.15, -0.1) is 0 Å². The number of nitrogens with zero attached hydrogens (tertiary/aromatic N) is 1. The van der Waals surface area contributed by atoms with E-state index in [1.54, 1.807) is 6.07 Å². The minimum absolute atomic E-state index is 0.126. The van der Waals surface area contributed by atoms with Crippen molar-refractivity contribution in [2.24, 2.45) is 11.3 Å². The van der Waals surface area contributed by atoms with E-state index >= 15 is 0 Å². The van der Waals surface area contributed by atoms with Crippen LogP contribution in [-0.2, 0) is 22.4 Å². The number of carboxylic acid groups (broad SMARTS) is 1. The summed E-state index contributed by atoms with van der Waals surface area (Å²) in [6, 6.07) is 1.71. The summed E-state index contributed by atoms with van der Waals surface area (Å²) in [5.41, 5.74) is 0.761. The zero-order chi connectivity index (χ0) is 17.6. The van der Waals surface area contributed by atoms with E-state index in [0.29, 0.717) is 26.2 Å². The molecule has 2 saturated heterocycles. The SMILES string of the molecule is O=C(c1cc2c([nH]c1=O)CCCC2)N1C[C@H]2COCC[C@@]2(C(=O)O)C1. The maximum Gasteiger partial charge on any atom is 0.311 e. The van der Waals surface area contributed by atoms with Crippen molar-refractivity contribution in [3.63, 3.8) is 0 Å². The van der Waals surface area contributed by atoms with Crippen LogP contribution in [0, 0.1) is 11.3 Å². The maximum absolute atomic E-state index is 12.9. The first kappa shape index (κ1) is 16.3. The van der Waals surface area contributed by atoms with Crippen LogP contribution in [0.15, 0.2) is 10.9 Å². The van der Waals surface area contributed by atoms with Gasteiger partial charge in [-0.1, -0.05) is 0 Å². The molecule has 1 amide bonds. The molecular formula is C18H22N2O5. The fourth-order valence-corrected chi connectivity index (χ4v) is 4.46. The number of hydrogen-bond donors (Lipinski definition) is 2. The molecule has 0 unspecified atom stereocenters. The summed E-state index contributed by atoms with van der Waals surface area (Å²) in [6.07, 6.45) is 4.20. The van der Waals surface area contributed by atoms with Gasteiger partial charge in [-0.3, -0.25) is 14.4 Å². The van der Waals surface area contributed by atoms with Gasteiger partial charge in [-0.2, -0.15) is 0 Å². The molecule has 1 aromatic heterocycles. The van der Waals surface area contributed by atoms with Crippen molar-refractivity contribution in [2.45, 2.75) is 32.1 Å². The molecule has 0 aromatic carbocycles. The molecule has 3 heterocycles. The van der Waals surface area contributed by atoms with Crippen molar-refractivity contribution in [1.82, 2.24) is 9.88 Å². The summed E-state index contributed by atoms with van der Waals surface area (Å²) in [5.74, 6) is -1.47. The largest absolute Gasteiger partial charge is 0.481 e. The Morgan fingerprint density at radius 3 is 2.88 bits per heavy atom. The Hall–Kier alpha value is -2.15. The third-order valence-corrected chi connectivity index (χ3v) is 5.99. The number of amides is 1. The molecule has 2 aliphatic heterocycles. The molecule has 1 aliphatic carbocycles. The normalized spacial score (nSPS) is 28.3. The van der Waals surface area contributed by atoms with Gasteiger partial charge in [0.05, 0.1) is 12.0 Å². The third-order valence-electron chi connectivity index (χ3n) is 5.99. The molecule has 25 heavy (non-hydrogen) atoms. The number of aromatic nitrogens is 1. The molecule has 0 spiro atoms. The van der Waals surface area contributed by atoms with Crippen LogP contribution in [0.25, 0.3) is 0 Å². The lowest BCUT2D eigenvalue weighted by atomic mass is 9.74. The van der Waals surface area contributed by atoms with Crippen LogP contribution in [0.3, 0.4) is 0 Å². The minimum Gasteiger partial charge on any atom is -0.481 e. The Labute approximate surface area is 145 Å². The van der Waals surface area contributed by atoms with Gasteiger partial charge in [-0.25, -0.2) is 0 Å². The van der Waals surface area contributed by atoms with Crippen molar-refractivity contribution in [1.29, 1.82) is 0 Å². The minimum atomic E-state index is -0.950. The third kappa shape index (κ3) is 2.57. The molecule has 7 heteroatoms. The lowest BCUT2D eigenvalue weighted by Crippen LogP contribution is -2.45. The standard InChI is InChI=1S/C18H22N2O5/c21-15-13(7-11-3-1-2-4-14(11)19-15)16(22)20-8-12-9-25-6-5-18(12,10-20)17(23)24/h7,12H,1-6,8-10H2,(H,19,21)(H,23,24)/t12-,18+/m0/s1. The number of carbonyl (C=O) groups is 2. The van der Waals surface area contributed by atoms with Crippen LogP contribution in [-0.4, -0.2) is 53.2 Å². The second kappa shape index (κ2) is 5.98. The van der Waals surface area contributed by atoms with Crippen molar-refractivity contribution in [2.75, 3.05) is 26.3 Å². The second-order valence-corrected chi connectivity index (χ2v) is 7.39. The van der Waals surface area contributed by atoms with Crippen LogP contribution in [0.2, 0.25) is 0 Å². The molecule has 3 aliphatic rings. The zero-order valence-electron chi connectivity index (χ0n) is 14.0. The van der Waals surface area contributed by atoms with E-state index in [1.807, 2.05) is 0 Å². The van der Waals surface area contributed by atoms with E-state index in [-0.39, 0.29) is 29.5 Å². The molecule has 134 valence electrons. The second-order valence-electron chi connectivity index (χ2n) is 7.39. The van der Waals surface area contributed by atoms with Gasteiger partial charge < -0.3 is 19.7 Å². The van der Waals surface area contributed by atoms with Crippen molar-refractivity contribution >= 4 is 11.9 Å². The Balaban J connectivity index is 1.64. The number of H-pyrrole nitrogens is 1. The van der Waals surface area contributed by atoms with Gasteiger partial charge >= 0.3 is 5.97 Å². The van der Waals surface area contributed by atoms with Gasteiger partial charge in [0.2, 0.25) is 0 Å².